The predicted octanol–water partition coefficient (Wildman–Crippen LogP) is 0.712. The van der Waals surface area contributed by atoms with Crippen molar-refractivity contribution in [2.75, 3.05) is 32.8 Å². The van der Waals surface area contributed by atoms with Gasteiger partial charge in [-0.15, -0.1) is 0 Å². The molecule has 3 rings (SSSR count). The summed E-state index contributed by atoms with van der Waals surface area (Å²) < 4.78 is 5.43. The molecule has 2 aliphatic rings. The van der Waals surface area contributed by atoms with Crippen LogP contribution in [0.25, 0.3) is 0 Å². The summed E-state index contributed by atoms with van der Waals surface area (Å²) in [5.41, 5.74) is 0.993. The first-order valence-electron chi connectivity index (χ1n) is 8.67. The lowest BCUT2D eigenvalue weighted by Gasteiger charge is -2.44. The fourth-order valence-corrected chi connectivity index (χ4v) is 3.57. The van der Waals surface area contributed by atoms with Gasteiger partial charge in [-0.25, -0.2) is 4.98 Å². The van der Waals surface area contributed by atoms with Gasteiger partial charge in [-0.05, 0) is 33.6 Å². The number of amides is 1. The molecule has 132 valence electrons. The first-order chi connectivity index (χ1) is 11.5. The van der Waals surface area contributed by atoms with E-state index in [1.54, 1.807) is 18.7 Å². The van der Waals surface area contributed by atoms with E-state index in [1.807, 2.05) is 6.92 Å². The molecule has 2 fully saturated rings. The number of nitrogens with zero attached hydrogens (tertiary/aromatic N) is 3. The number of H-pyrrole nitrogens is 1. The Morgan fingerprint density at radius 2 is 1.96 bits per heavy atom. The zero-order valence-corrected chi connectivity index (χ0v) is 14.7. The predicted molar refractivity (Wildman–Crippen MR) is 90.2 cm³/mol. The summed E-state index contributed by atoms with van der Waals surface area (Å²) in [5.74, 6) is -0.265. The van der Waals surface area contributed by atoms with Crippen molar-refractivity contribution < 1.29 is 9.53 Å². The number of aromatic nitrogens is 2. The average molecular weight is 334 g/mol. The van der Waals surface area contributed by atoms with Crippen LogP contribution < -0.4 is 5.56 Å². The van der Waals surface area contributed by atoms with Crippen LogP contribution in [-0.2, 0) is 4.74 Å². The van der Waals surface area contributed by atoms with Gasteiger partial charge in [-0.3, -0.25) is 14.5 Å². The highest BCUT2D eigenvalue weighted by Crippen LogP contribution is 2.20. The molecule has 0 saturated carbocycles. The maximum absolute atomic E-state index is 12.8. The summed E-state index contributed by atoms with van der Waals surface area (Å²) in [6, 6.07) is 0.610. The van der Waals surface area contributed by atoms with Crippen LogP contribution in [0.3, 0.4) is 0 Å². The number of aromatic amines is 1. The molecule has 2 saturated heterocycles. The number of aryl methyl sites for hydroxylation is 2. The first-order valence-corrected chi connectivity index (χ1v) is 8.67. The van der Waals surface area contributed by atoms with Gasteiger partial charge in [0.25, 0.3) is 11.5 Å². The number of ether oxygens (including phenoxy) is 1. The second-order valence-corrected chi connectivity index (χ2v) is 6.81. The van der Waals surface area contributed by atoms with Crippen LogP contribution >= 0.6 is 0 Å². The lowest BCUT2D eigenvalue weighted by molar-refractivity contribution is 0.000486. The highest BCUT2D eigenvalue weighted by atomic mass is 16.5. The Balaban J connectivity index is 1.71. The van der Waals surface area contributed by atoms with Crippen LogP contribution in [0.5, 0.6) is 0 Å². The van der Waals surface area contributed by atoms with Crippen LogP contribution in [0.15, 0.2) is 4.79 Å². The minimum absolute atomic E-state index is 0.00414. The lowest BCUT2D eigenvalue weighted by Crippen LogP contribution is -2.57. The zero-order chi connectivity index (χ0) is 17.3. The van der Waals surface area contributed by atoms with E-state index in [2.05, 4.69) is 14.9 Å². The maximum Gasteiger partial charge on any atom is 0.279 e. The van der Waals surface area contributed by atoms with E-state index < -0.39 is 5.56 Å². The minimum Gasteiger partial charge on any atom is -0.381 e. The molecule has 1 amide bonds. The zero-order valence-electron chi connectivity index (χ0n) is 14.7. The molecule has 1 aromatic rings. The Morgan fingerprint density at radius 1 is 1.25 bits per heavy atom. The molecule has 0 unspecified atom stereocenters. The third-order valence-corrected chi connectivity index (χ3v) is 5.17. The number of nitrogens with one attached hydrogen (secondary N) is 1. The molecule has 0 bridgehead atoms. The summed E-state index contributed by atoms with van der Waals surface area (Å²) in [6.45, 7) is 9.56. The molecule has 1 atom stereocenters. The highest BCUT2D eigenvalue weighted by molar-refractivity contribution is 5.92. The van der Waals surface area contributed by atoms with Gasteiger partial charge in [0.05, 0.1) is 5.69 Å². The van der Waals surface area contributed by atoms with E-state index in [1.165, 1.54) is 0 Å². The molecular weight excluding hydrogens is 308 g/mol. The summed E-state index contributed by atoms with van der Waals surface area (Å²) in [6.07, 6.45) is 2.11. The standard InChI is InChI=1S/C17H26N4O3/c1-11-10-20(14-4-8-24-9-5-14)6-7-21(11)17(23)15-16(22)19-13(3)12(2)18-15/h11,14H,4-10H2,1-3H3,(H,19,22)/t11-/m1/s1. The molecule has 24 heavy (non-hydrogen) atoms. The second kappa shape index (κ2) is 7.03. The van der Waals surface area contributed by atoms with Gasteiger partial charge in [0, 0.05) is 50.6 Å². The quantitative estimate of drug-likeness (QED) is 0.862. The smallest absolute Gasteiger partial charge is 0.279 e. The lowest BCUT2D eigenvalue weighted by atomic mass is 10.0. The van der Waals surface area contributed by atoms with Gasteiger partial charge in [0.2, 0.25) is 0 Å². The third-order valence-electron chi connectivity index (χ3n) is 5.17. The first kappa shape index (κ1) is 17.1. The Kier molecular flexibility index (Phi) is 5.01. The Labute approximate surface area is 142 Å². The van der Waals surface area contributed by atoms with Crippen molar-refractivity contribution in [3.05, 3.63) is 27.4 Å². The number of hydrogen-bond acceptors (Lipinski definition) is 5. The minimum atomic E-state index is -0.401. The van der Waals surface area contributed by atoms with Gasteiger partial charge < -0.3 is 14.6 Å². The monoisotopic (exact) mass is 334 g/mol. The molecule has 3 heterocycles. The average Bonchev–Trinajstić information content (AvgIpc) is 2.58. The van der Waals surface area contributed by atoms with Gasteiger partial charge in [-0.2, -0.15) is 0 Å². The van der Waals surface area contributed by atoms with Crippen molar-refractivity contribution >= 4 is 5.91 Å². The summed E-state index contributed by atoms with van der Waals surface area (Å²) in [5, 5.41) is 0. The molecule has 2 aliphatic heterocycles. The largest absolute Gasteiger partial charge is 0.381 e. The normalized spacial score (nSPS) is 23.5. The van der Waals surface area contributed by atoms with E-state index in [4.69, 9.17) is 4.74 Å². The Morgan fingerprint density at radius 3 is 2.62 bits per heavy atom. The summed E-state index contributed by atoms with van der Waals surface area (Å²) in [7, 11) is 0. The van der Waals surface area contributed by atoms with E-state index in [9.17, 15) is 9.59 Å². The fraction of sp³-hybridized carbons (Fsp3) is 0.706. The maximum atomic E-state index is 12.8. The Bertz CT molecular complexity index is 666. The van der Waals surface area contributed by atoms with E-state index in [0.29, 0.717) is 24.0 Å². The van der Waals surface area contributed by atoms with Crippen molar-refractivity contribution in [2.45, 2.75) is 45.7 Å². The highest BCUT2D eigenvalue weighted by Gasteiger charge is 2.33. The van der Waals surface area contributed by atoms with E-state index >= 15 is 0 Å². The number of hydrogen-bond donors (Lipinski definition) is 1. The van der Waals surface area contributed by atoms with Crippen LogP contribution in [0.2, 0.25) is 0 Å². The van der Waals surface area contributed by atoms with E-state index in [0.717, 1.165) is 39.1 Å². The van der Waals surface area contributed by atoms with Gasteiger partial charge >= 0.3 is 0 Å². The summed E-state index contributed by atoms with van der Waals surface area (Å²) in [4.78, 5) is 36.1. The van der Waals surface area contributed by atoms with Crippen LogP contribution in [0.1, 0.15) is 41.6 Å². The van der Waals surface area contributed by atoms with Gasteiger partial charge in [0.15, 0.2) is 5.69 Å². The molecular formula is C17H26N4O3. The van der Waals surface area contributed by atoms with Crippen molar-refractivity contribution in [1.29, 1.82) is 0 Å². The number of rotatable bonds is 2. The van der Waals surface area contributed by atoms with Gasteiger partial charge in [-0.1, -0.05) is 0 Å². The molecule has 7 heteroatoms. The van der Waals surface area contributed by atoms with Crippen LogP contribution in [-0.4, -0.2) is 70.6 Å². The molecule has 1 aromatic heterocycles. The molecule has 0 aliphatic carbocycles. The van der Waals surface area contributed by atoms with Crippen molar-refractivity contribution in [1.82, 2.24) is 19.8 Å². The fourth-order valence-electron chi connectivity index (χ4n) is 3.57. The number of carbonyl (C=O) groups excluding carboxylic acids is 1. The van der Waals surface area contributed by atoms with E-state index in [-0.39, 0.29) is 17.6 Å². The number of carbonyl (C=O) groups is 1. The van der Waals surface area contributed by atoms with Crippen molar-refractivity contribution in [3.8, 4) is 0 Å². The molecule has 0 radical (unpaired) electrons. The van der Waals surface area contributed by atoms with Gasteiger partial charge in [0.1, 0.15) is 0 Å². The number of piperazine rings is 1. The van der Waals surface area contributed by atoms with Crippen molar-refractivity contribution in [2.24, 2.45) is 0 Å². The molecule has 0 aromatic carbocycles. The topological polar surface area (TPSA) is 78.5 Å². The third kappa shape index (κ3) is 3.37. The SMILES string of the molecule is Cc1nc(C(=O)N2CCN(C3CCOCC3)C[C@H]2C)c(=O)[nH]c1C. The summed E-state index contributed by atoms with van der Waals surface area (Å²) >= 11 is 0. The molecule has 1 N–H and O–H groups in total. The van der Waals surface area contributed by atoms with Crippen LogP contribution in [0.4, 0.5) is 0 Å². The molecule has 7 nitrogen and oxygen atoms in total. The Hall–Kier alpha value is -1.73. The van der Waals surface area contributed by atoms with Crippen molar-refractivity contribution in [3.63, 3.8) is 0 Å². The molecule has 0 spiro atoms. The van der Waals surface area contributed by atoms with Crippen LogP contribution in [0, 0.1) is 13.8 Å². The second-order valence-electron chi connectivity index (χ2n) is 6.81.